The van der Waals surface area contributed by atoms with Crippen molar-refractivity contribution in [2.75, 3.05) is 18.9 Å². The molecule has 1 N–H and O–H groups in total. The minimum atomic E-state index is -0.109. The Bertz CT molecular complexity index is 978. The van der Waals surface area contributed by atoms with E-state index in [1.807, 2.05) is 43.3 Å². The van der Waals surface area contributed by atoms with Crippen LogP contribution in [0.3, 0.4) is 0 Å². The van der Waals surface area contributed by atoms with Crippen LogP contribution < -0.4 is 10.1 Å². The summed E-state index contributed by atoms with van der Waals surface area (Å²) in [5, 5.41) is 11.3. The van der Waals surface area contributed by atoms with Gasteiger partial charge in [-0.05, 0) is 41.7 Å². The lowest BCUT2D eigenvalue weighted by Gasteiger charge is -2.19. The molecule has 3 rings (SSSR count). The van der Waals surface area contributed by atoms with Gasteiger partial charge in [0.15, 0.2) is 0 Å². The first-order valence-corrected chi connectivity index (χ1v) is 10.8. The lowest BCUT2D eigenvalue weighted by molar-refractivity contribution is -0.118. The van der Waals surface area contributed by atoms with E-state index in [1.54, 1.807) is 0 Å². The second kappa shape index (κ2) is 9.80. The molecule has 0 unspecified atom stereocenters. The minimum Gasteiger partial charge on any atom is -0.492 e. The third kappa shape index (κ3) is 6.10. The molecule has 0 radical (unpaired) electrons. The SMILES string of the molecule is Cc1ccccc1-c1nnc(SCC(=O)NCCOc2ccc(C(C)(C)C)cc2)o1. The molecular weight excluding hydrogens is 398 g/mol. The zero-order valence-electron chi connectivity index (χ0n) is 17.8. The second-order valence-corrected chi connectivity index (χ2v) is 8.88. The highest BCUT2D eigenvalue weighted by Crippen LogP contribution is 2.26. The van der Waals surface area contributed by atoms with Gasteiger partial charge in [0, 0.05) is 5.56 Å². The lowest BCUT2D eigenvalue weighted by Crippen LogP contribution is -2.29. The summed E-state index contributed by atoms with van der Waals surface area (Å²) in [5.41, 5.74) is 3.33. The quantitative estimate of drug-likeness (QED) is 0.419. The molecule has 0 fully saturated rings. The van der Waals surface area contributed by atoms with E-state index in [2.05, 4.69) is 48.4 Å². The molecule has 0 atom stereocenters. The molecule has 0 saturated carbocycles. The molecule has 1 aromatic heterocycles. The number of benzene rings is 2. The van der Waals surface area contributed by atoms with Crippen molar-refractivity contribution in [3.63, 3.8) is 0 Å². The van der Waals surface area contributed by atoms with Crippen molar-refractivity contribution in [2.24, 2.45) is 0 Å². The highest BCUT2D eigenvalue weighted by molar-refractivity contribution is 7.99. The summed E-state index contributed by atoms with van der Waals surface area (Å²) < 4.78 is 11.3. The number of nitrogens with one attached hydrogen (secondary N) is 1. The van der Waals surface area contributed by atoms with E-state index in [9.17, 15) is 4.79 Å². The van der Waals surface area contributed by atoms with Crippen molar-refractivity contribution < 1.29 is 13.9 Å². The number of amides is 1. The monoisotopic (exact) mass is 425 g/mol. The minimum absolute atomic E-state index is 0.109. The summed E-state index contributed by atoms with van der Waals surface area (Å²) in [7, 11) is 0. The maximum Gasteiger partial charge on any atom is 0.277 e. The first-order chi connectivity index (χ1) is 14.3. The maximum absolute atomic E-state index is 12.0. The molecular formula is C23H27N3O3S. The largest absolute Gasteiger partial charge is 0.492 e. The van der Waals surface area contributed by atoms with Crippen molar-refractivity contribution >= 4 is 17.7 Å². The summed E-state index contributed by atoms with van der Waals surface area (Å²) in [4.78, 5) is 12.0. The Labute approximate surface area is 181 Å². The Morgan fingerprint density at radius 2 is 1.83 bits per heavy atom. The van der Waals surface area contributed by atoms with Gasteiger partial charge in [0.2, 0.25) is 11.8 Å². The normalized spacial score (nSPS) is 11.3. The van der Waals surface area contributed by atoms with Crippen molar-refractivity contribution in [1.82, 2.24) is 15.5 Å². The molecule has 0 aliphatic rings. The number of hydrogen-bond donors (Lipinski definition) is 1. The maximum atomic E-state index is 12.0. The van der Waals surface area contributed by atoms with E-state index < -0.39 is 0 Å². The summed E-state index contributed by atoms with van der Waals surface area (Å²) in [5.74, 6) is 1.35. The third-order valence-electron chi connectivity index (χ3n) is 4.52. The molecule has 3 aromatic rings. The average molecular weight is 426 g/mol. The molecule has 1 heterocycles. The number of aromatic nitrogens is 2. The molecule has 0 aliphatic carbocycles. The average Bonchev–Trinajstić information content (AvgIpc) is 3.18. The van der Waals surface area contributed by atoms with E-state index >= 15 is 0 Å². The highest BCUT2D eigenvalue weighted by atomic mass is 32.2. The van der Waals surface area contributed by atoms with Crippen LogP contribution in [0.15, 0.2) is 58.2 Å². The van der Waals surface area contributed by atoms with Crippen molar-refractivity contribution in [3.8, 4) is 17.2 Å². The van der Waals surface area contributed by atoms with Crippen LogP contribution in [0.1, 0.15) is 31.9 Å². The Morgan fingerprint density at radius 1 is 1.10 bits per heavy atom. The van der Waals surface area contributed by atoms with Gasteiger partial charge in [0.05, 0.1) is 12.3 Å². The summed E-state index contributed by atoms with van der Waals surface area (Å²) in [6.45, 7) is 9.35. The molecule has 6 nitrogen and oxygen atoms in total. The molecule has 0 aliphatic heterocycles. The predicted octanol–water partition coefficient (Wildman–Crippen LogP) is 4.63. The number of carbonyl (C=O) groups is 1. The third-order valence-corrected chi connectivity index (χ3v) is 5.34. The van der Waals surface area contributed by atoms with Gasteiger partial charge in [-0.1, -0.05) is 62.9 Å². The van der Waals surface area contributed by atoms with Crippen LogP contribution in [-0.4, -0.2) is 35.0 Å². The smallest absolute Gasteiger partial charge is 0.277 e. The van der Waals surface area contributed by atoms with Gasteiger partial charge in [-0.3, -0.25) is 4.79 Å². The number of carbonyl (C=O) groups excluding carboxylic acids is 1. The van der Waals surface area contributed by atoms with Gasteiger partial charge in [-0.25, -0.2) is 0 Å². The van der Waals surface area contributed by atoms with Crippen molar-refractivity contribution in [1.29, 1.82) is 0 Å². The Kier molecular flexibility index (Phi) is 7.15. The molecule has 2 aromatic carbocycles. The van der Waals surface area contributed by atoms with Crippen LogP contribution in [0.5, 0.6) is 5.75 Å². The van der Waals surface area contributed by atoms with Crippen LogP contribution in [0.2, 0.25) is 0 Å². The standard InChI is InChI=1S/C23H27N3O3S/c1-16-7-5-6-8-19(16)21-25-26-22(29-21)30-15-20(27)24-13-14-28-18-11-9-17(10-12-18)23(2,3)4/h5-12H,13-15H2,1-4H3,(H,24,27). The molecule has 158 valence electrons. The molecule has 0 spiro atoms. The van der Waals surface area contributed by atoms with E-state index in [-0.39, 0.29) is 17.1 Å². The lowest BCUT2D eigenvalue weighted by atomic mass is 9.87. The van der Waals surface area contributed by atoms with Crippen molar-refractivity contribution in [2.45, 2.75) is 38.3 Å². The number of aryl methyl sites for hydroxylation is 1. The fraction of sp³-hybridized carbons (Fsp3) is 0.348. The first kappa shape index (κ1) is 21.9. The molecule has 1 amide bonds. The Hall–Kier alpha value is -2.80. The van der Waals surface area contributed by atoms with E-state index in [0.29, 0.717) is 24.3 Å². The topological polar surface area (TPSA) is 77.2 Å². The Balaban J connectivity index is 1.38. The molecule has 0 saturated heterocycles. The van der Waals surface area contributed by atoms with E-state index in [0.717, 1.165) is 16.9 Å². The van der Waals surface area contributed by atoms with Crippen LogP contribution in [0, 0.1) is 6.92 Å². The summed E-state index contributed by atoms with van der Waals surface area (Å²) >= 11 is 1.22. The van der Waals surface area contributed by atoms with Crippen LogP contribution >= 0.6 is 11.8 Å². The first-order valence-electron chi connectivity index (χ1n) is 9.85. The molecule has 0 bridgehead atoms. The zero-order chi connectivity index (χ0) is 21.6. The van der Waals surface area contributed by atoms with E-state index in [1.165, 1.54) is 17.3 Å². The van der Waals surface area contributed by atoms with Crippen LogP contribution in [-0.2, 0) is 10.2 Å². The molecule has 7 heteroatoms. The second-order valence-electron chi connectivity index (χ2n) is 7.95. The van der Waals surface area contributed by atoms with Gasteiger partial charge in [0.25, 0.3) is 5.22 Å². The van der Waals surface area contributed by atoms with E-state index in [4.69, 9.17) is 9.15 Å². The number of nitrogens with zero attached hydrogens (tertiary/aromatic N) is 2. The summed E-state index contributed by atoms with van der Waals surface area (Å²) in [6.07, 6.45) is 0. The van der Waals surface area contributed by atoms with Gasteiger partial charge < -0.3 is 14.5 Å². The number of rotatable bonds is 8. The van der Waals surface area contributed by atoms with Gasteiger partial charge in [0.1, 0.15) is 12.4 Å². The summed E-state index contributed by atoms with van der Waals surface area (Å²) in [6, 6.07) is 15.9. The van der Waals surface area contributed by atoms with Gasteiger partial charge in [-0.2, -0.15) is 0 Å². The van der Waals surface area contributed by atoms with Crippen LogP contribution in [0.25, 0.3) is 11.5 Å². The fourth-order valence-corrected chi connectivity index (χ4v) is 3.37. The Morgan fingerprint density at radius 3 is 2.53 bits per heavy atom. The number of hydrogen-bond acceptors (Lipinski definition) is 6. The fourth-order valence-electron chi connectivity index (χ4n) is 2.78. The number of ether oxygens (including phenoxy) is 1. The predicted molar refractivity (Wildman–Crippen MR) is 119 cm³/mol. The number of thioether (sulfide) groups is 1. The van der Waals surface area contributed by atoms with Crippen LogP contribution in [0.4, 0.5) is 0 Å². The highest BCUT2D eigenvalue weighted by Gasteiger charge is 2.14. The zero-order valence-corrected chi connectivity index (χ0v) is 18.6. The van der Waals surface area contributed by atoms with Gasteiger partial charge >= 0.3 is 0 Å². The van der Waals surface area contributed by atoms with Gasteiger partial charge in [-0.15, -0.1) is 10.2 Å². The molecule has 30 heavy (non-hydrogen) atoms. The van der Waals surface area contributed by atoms with Crippen molar-refractivity contribution in [3.05, 3.63) is 59.7 Å².